The predicted octanol–water partition coefficient (Wildman–Crippen LogP) is 2.33. The first-order chi connectivity index (χ1) is 11.3. The van der Waals surface area contributed by atoms with Crippen LogP contribution < -0.4 is 5.32 Å². The number of aromatic nitrogens is 5. The molecule has 3 heterocycles. The molecule has 1 amide bonds. The van der Waals surface area contributed by atoms with E-state index in [1.807, 2.05) is 18.2 Å². The quantitative estimate of drug-likeness (QED) is 0.757. The number of hydrogen-bond acceptors (Lipinski definition) is 4. The van der Waals surface area contributed by atoms with Crippen LogP contribution in [0.2, 0.25) is 0 Å². The molecule has 1 fully saturated rings. The number of hydrogen-bond donors (Lipinski definition) is 2. The van der Waals surface area contributed by atoms with Crippen LogP contribution >= 0.6 is 0 Å². The molecule has 0 unspecified atom stereocenters. The van der Waals surface area contributed by atoms with E-state index in [1.165, 1.54) is 12.8 Å². The molecule has 2 N–H and O–H groups in total. The Morgan fingerprint density at radius 1 is 1.30 bits per heavy atom. The van der Waals surface area contributed by atoms with Crippen LogP contribution in [0.15, 0.2) is 42.9 Å². The molecule has 7 nitrogen and oxygen atoms in total. The lowest BCUT2D eigenvalue weighted by molar-refractivity contribution is 0.101. The largest absolute Gasteiger partial charge is 0.317 e. The van der Waals surface area contributed by atoms with Crippen LogP contribution in [-0.2, 0) is 6.54 Å². The van der Waals surface area contributed by atoms with E-state index < -0.39 is 0 Å². The molecule has 1 aliphatic carbocycles. The van der Waals surface area contributed by atoms with Gasteiger partial charge in [0.05, 0.1) is 17.6 Å². The molecule has 1 aliphatic rings. The zero-order chi connectivity index (χ0) is 15.6. The van der Waals surface area contributed by atoms with Crippen molar-refractivity contribution < 1.29 is 4.79 Å². The monoisotopic (exact) mass is 308 g/mol. The van der Waals surface area contributed by atoms with E-state index in [4.69, 9.17) is 0 Å². The molecule has 0 aromatic carbocycles. The Kier molecular flexibility index (Phi) is 3.38. The highest BCUT2D eigenvalue weighted by atomic mass is 16.2. The summed E-state index contributed by atoms with van der Waals surface area (Å²) in [4.78, 5) is 16.8. The summed E-state index contributed by atoms with van der Waals surface area (Å²) in [5, 5.41) is 14.0. The summed E-state index contributed by atoms with van der Waals surface area (Å²) in [6.07, 6.45) is 7.38. The number of pyridine rings is 1. The molecule has 0 aliphatic heterocycles. The van der Waals surface area contributed by atoms with Crippen molar-refractivity contribution in [1.29, 1.82) is 0 Å². The summed E-state index contributed by atoms with van der Waals surface area (Å²) < 4.78 is 1.77. The van der Waals surface area contributed by atoms with Gasteiger partial charge in [0.1, 0.15) is 11.4 Å². The van der Waals surface area contributed by atoms with Gasteiger partial charge in [0.2, 0.25) is 0 Å². The van der Waals surface area contributed by atoms with Gasteiger partial charge in [-0.1, -0.05) is 6.07 Å². The third-order valence-electron chi connectivity index (χ3n) is 3.89. The Labute approximate surface area is 132 Å². The first-order valence-corrected chi connectivity index (χ1v) is 7.59. The van der Waals surface area contributed by atoms with Gasteiger partial charge in [-0.15, -0.1) is 0 Å². The Morgan fingerprint density at radius 2 is 2.22 bits per heavy atom. The predicted molar refractivity (Wildman–Crippen MR) is 84.7 cm³/mol. The van der Waals surface area contributed by atoms with Crippen LogP contribution in [-0.4, -0.2) is 30.9 Å². The third kappa shape index (κ3) is 2.85. The van der Waals surface area contributed by atoms with Gasteiger partial charge in [0.25, 0.3) is 5.91 Å². The van der Waals surface area contributed by atoms with Gasteiger partial charge in [-0.2, -0.15) is 10.2 Å². The number of amides is 1. The minimum Gasteiger partial charge on any atom is -0.317 e. The number of aromatic amines is 1. The number of carbonyl (C=O) groups excluding carboxylic acids is 1. The molecule has 0 saturated heterocycles. The van der Waals surface area contributed by atoms with Crippen LogP contribution in [0.3, 0.4) is 0 Å². The Bertz CT molecular complexity index is 818. The Hall–Kier alpha value is -2.96. The SMILES string of the molecule is O=C(Nc1cn[nH]c1-c1ccccn1)c1ccnn1CC1CC1. The lowest BCUT2D eigenvalue weighted by Gasteiger charge is -2.08. The molecule has 116 valence electrons. The number of carbonyl (C=O) groups is 1. The van der Waals surface area contributed by atoms with Crippen LogP contribution in [0.5, 0.6) is 0 Å². The zero-order valence-electron chi connectivity index (χ0n) is 12.4. The van der Waals surface area contributed by atoms with Crippen molar-refractivity contribution in [3.63, 3.8) is 0 Å². The first kappa shape index (κ1) is 13.7. The molecule has 0 atom stereocenters. The van der Waals surface area contributed by atoms with E-state index in [-0.39, 0.29) is 5.91 Å². The van der Waals surface area contributed by atoms with Gasteiger partial charge in [-0.3, -0.25) is 19.6 Å². The molecular formula is C16H16N6O. The van der Waals surface area contributed by atoms with Gasteiger partial charge in [-0.05, 0) is 37.0 Å². The van der Waals surface area contributed by atoms with E-state index in [0.29, 0.717) is 23.0 Å². The molecule has 23 heavy (non-hydrogen) atoms. The Balaban J connectivity index is 1.56. The van der Waals surface area contributed by atoms with E-state index in [0.717, 1.165) is 12.2 Å². The summed E-state index contributed by atoms with van der Waals surface area (Å²) in [5.41, 5.74) is 2.58. The number of nitrogens with zero attached hydrogens (tertiary/aromatic N) is 4. The maximum atomic E-state index is 12.5. The van der Waals surface area contributed by atoms with E-state index >= 15 is 0 Å². The van der Waals surface area contributed by atoms with Crippen molar-refractivity contribution in [2.24, 2.45) is 5.92 Å². The van der Waals surface area contributed by atoms with Crippen molar-refractivity contribution in [3.05, 3.63) is 48.5 Å². The van der Waals surface area contributed by atoms with Crippen molar-refractivity contribution >= 4 is 11.6 Å². The second-order valence-corrected chi connectivity index (χ2v) is 5.67. The molecule has 3 aromatic rings. The Morgan fingerprint density at radius 3 is 3.00 bits per heavy atom. The molecule has 7 heteroatoms. The van der Waals surface area contributed by atoms with Crippen LogP contribution in [0, 0.1) is 5.92 Å². The lowest BCUT2D eigenvalue weighted by Crippen LogP contribution is -2.18. The number of rotatable bonds is 5. The molecule has 3 aromatic heterocycles. The van der Waals surface area contributed by atoms with Crippen LogP contribution in [0.1, 0.15) is 23.3 Å². The minimum atomic E-state index is -0.193. The van der Waals surface area contributed by atoms with E-state index in [2.05, 4.69) is 25.6 Å². The van der Waals surface area contributed by atoms with Crippen molar-refractivity contribution in [2.75, 3.05) is 5.32 Å². The topological polar surface area (TPSA) is 88.5 Å². The van der Waals surface area contributed by atoms with Gasteiger partial charge in [0.15, 0.2) is 0 Å². The fourth-order valence-corrected chi connectivity index (χ4v) is 2.49. The van der Waals surface area contributed by atoms with Crippen molar-refractivity contribution in [3.8, 4) is 11.4 Å². The summed E-state index contributed by atoms with van der Waals surface area (Å²) in [6, 6.07) is 7.33. The molecule has 1 saturated carbocycles. The summed E-state index contributed by atoms with van der Waals surface area (Å²) in [6.45, 7) is 0.800. The molecule has 0 bridgehead atoms. The second kappa shape index (κ2) is 5.68. The maximum absolute atomic E-state index is 12.5. The summed E-state index contributed by atoms with van der Waals surface area (Å²) in [7, 11) is 0. The molecule has 0 radical (unpaired) electrons. The number of anilines is 1. The maximum Gasteiger partial charge on any atom is 0.274 e. The first-order valence-electron chi connectivity index (χ1n) is 7.59. The smallest absolute Gasteiger partial charge is 0.274 e. The lowest BCUT2D eigenvalue weighted by atomic mass is 10.2. The highest BCUT2D eigenvalue weighted by Crippen LogP contribution is 2.31. The van der Waals surface area contributed by atoms with E-state index in [1.54, 1.807) is 29.3 Å². The van der Waals surface area contributed by atoms with Gasteiger partial charge < -0.3 is 5.32 Å². The molecular weight excluding hydrogens is 292 g/mol. The average molecular weight is 308 g/mol. The second-order valence-electron chi connectivity index (χ2n) is 5.67. The molecule has 4 rings (SSSR count). The van der Waals surface area contributed by atoms with E-state index in [9.17, 15) is 4.79 Å². The van der Waals surface area contributed by atoms with Crippen molar-refractivity contribution in [2.45, 2.75) is 19.4 Å². The standard InChI is InChI=1S/C16H16N6O/c23-16(14-6-8-19-22(14)10-11-4-5-11)20-13-9-18-21-15(13)12-3-1-2-7-17-12/h1-3,6-9,11H,4-5,10H2,(H,18,21)(H,20,23). The average Bonchev–Trinajstić information content (AvgIpc) is 3.07. The fraction of sp³-hybridized carbons (Fsp3) is 0.250. The van der Waals surface area contributed by atoms with Crippen LogP contribution in [0.25, 0.3) is 11.4 Å². The van der Waals surface area contributed by atoms with Crippen LogP contribution in [0.4, 0.5) is 5.69 Å². The zero-order valence-corrected chi connectivity index (χ0v) is 12.4. The van der Waals surface area contributed by atoms with Gasteiger partial charge in [-0.25, -0.2) is 0 Å². The highest BCUT2D eigenvalue weighted by Gasteiger charge is 2.24. The molecule has 0 spiro atoms. The number of H-pyrrole nitrogens is 1. The minimum absolute atomic E-state index is 0.193. The number of nitrogens with one attached hydrogen (secondary N) is 2. The summed E-state index contributed by atoms with van der Waals surface area (Å²) in [5.74, 6) is 0.459. The third-order valence-corrected chi connectivity index (χ3v) is 3.89. The highest BCUT2D eigenvalue weighted by molar-refractivity contribution is 6.04. The van der Waals surface area contributed by atoms with Gasteiger partial charge >= 0.3 is 0 Å². The normalized spacial score (nSPS) is 13.9. The van der Waals surface area contributed by atoms with Gasteiger partial charge in [0, 0.05) is 18.9 Å². The summed E-state index contributed by atoms with van der Waals surface area (Å²) >= 11 is 0. The fourth-order valence-electron chi connectivity index (χ4n) is 2.49. The van der Waals surface area contributed by atoms with Crippen molar-refractivity contribution in [1.82, 2.24) is 25.0 Å².